The summed E-state index contributed by atoms with van der Waals surface area (Å²) >= 11 is 0. The van der Waals surface area contributed by atoms with Gasteiger partial charge in [0.25, 0.3) is 0 Å². The van der Waals surface area contributed by atoms with Crippen LogP contribution in [0.5, 0.6) is 0 Å². The number of rotatable bonds is 6. The van der Waals surface area contributed by atoms with Crippen molar-refractivity contribution in [2.45, 2.75) is 33.1 Å². The van der Waals surface area contributed by atoms with Crippen LogP contribution in [0, 0.1) is 15.3 Å². The summed E-state index contributed by atoms with van der Waals surface area (Å²) in [5.74, 6) is 0.603. The van der Waals surface area contributed by atoms with Crippen LogP contribution in [0.2, 0.25) is 0 Å². The molecule has 0 unspecified atom stereocenters. The number of nitrogens with zero attached hydrogens (tertiary/aromatic N) is 2. The van der Waals surface area contributed by atoms with Gasteiger partial charge in [0.05, 0.1) is 10.8 Å². The maximum absolute atomic E-state index is 8.25. The minimum atomic E-state index is -1.75. The molecular formula is C21H27N5O3. The average molecular weight is 397 g/mol. The fourth-order valence-electron chi connectivity index (χ4n) is 2.56. The molecule has 0 fully saturated rings. The normalized spacial score (nSPS) is 11.4. The number of guanidine groups is 1. The molecule has 5 N–H and O–H groups in total. The molecule has 8 nitrogen and oxygen atoms in total. The Bertz CT molecular complexity index is 865. The van der Waals surface area contributed by atoms with Crippen LogP contribution in [0.15, 0.2) is 59.7 Å². The van der Waals surface area contributed by atoms with Crippen LogP contribution in [0.1, 0.15) is 49.8 Å². The fourth-order valence-corrected chi connectivity index (χ4v) is 2.56. The zero-order valence-corrected chi connectivity index (χ0v) is 16.8. The molecule has 0 atom stereocenters. The largest absolute Gasteiger partial charge is 0.362 e. The molecular weight excluding hydrogens is 370 g/mol. The van der Waals surface area contributed by atoms with E-state index in [2.05, 4.69) is 73.4 Å². The third-order valence-corrected chi connectivity index (χ3v) is 3.96. The fraction of sp³-hybridized carbons (Fsp3) is 0.238. The van der Waals surface area contributed by atoms with Crippen molar-refractivity contribution < 1.29 is 10.2 Å². The number of hydrogen-bond acceptors (Lipinski definition) is 4. The van der Waals surface area contributed by atoms with Crippen molar-refractivity contribution in [2.24, 2.45) is 16.6 Å². The Labute approximate surface area is 170 Å². The molecule has 2 rings (SSSR count). The lowest BCUT2D eigenvalue weighted by atomic mass is 9.96. The van der Waals surface area contributed by atoms with Gasteiger partial charge in [-0.3, -0.25) is 11.5 Å². The monoisotopic (exact) mass is 397 g/mol. The zero-order valence-electron chi connectivity index (χ0n) is 16.8. The summed E-state index contributed by atoms with van der Waals surface area (Å²) in [4.78, 5) is 8.25. The molecule has 0 aliphatic carbocycles. The van der Waals surface area contributed by atoms with Crippen molar-refractivity contribution in [3.8, 4) is 0 Å². The maximum Gasteiger partial charge on any atom is 0.362 e. The van der Waals surface area contributed by atoms with E-state index in [1.54, 1.807) is 0 Å². The molecule has 8 heteroatoms. The number of hydrogen-bond donors (Lipinski definition) is 3. The van der Waals surface area contributed by atoms with Crippen molar-refractivity contribution in [2.75, 3.05) is 0 Å². The summed E-state index contributed by atoms with van der Waals surface area (Å²) < 4.78 is 0. The summed E-state index contributed by atoms with van der Waals surface area (Å²) in [6.45, 7) is 6.45. The van der Waals surface area contributed by atoms with Crippen LogP contribution < -0.4 is 16.6 Å². The summed E-state index contributed by atoms with van der Waals surface area (Å²) in [6.07, 6.45) is 2.90. The molecule has 0 amide bonds. The van der Waals surface area contributed by atoms with Crippen LogP contribution in [-0.2, 0) is 0 Å². The molecule has 154 valence electrons. The molecule has 2 aromatic carbocycles. The molecule has 0 saturated heterocycles. The highest BCUT2D eigenvalue weighted by Gasteiger charge is 2.10. The Morgan fingerprint density at radius 2 is 1.66 bits per heavy atom. The summed E-state index contributed by atoms with van der Waals surface area (Å²) in [5, 5.41) is 21.8. The van der Waals surface area contributed by atoms with E-state index >= 15 is 0 Å². The van der Waals surface area contributed by atoms with Crippen LogP contribution in [0.4, 0.5) is 0 Å². The first kappa shape index (κ1) is 23.4. The van der Waals surface area contributed by atoms with Gasteiger partial charge in [0.1, 0.15) is 0 Å². The van der Waals surface area contributed by atoms with Gasteiger partial charge < -0.3 is 15.3 Å². The van der Waals surface area contributed by atoms with Crippen LogP contribution in [0.25, 0.3) is 11.6 Å². The van der Waals surface area contributed by atoms with Gasteiger partial charge >= 0.3 is 5.96 Å². The van der Waals surface area contributed by atoms with E-state index in [-0.39, 0.29) is 5.96 Å². The Kier molecular flexibility index (Phi) is 9.60. The summed E-state index contributed by atoms with van der Waals surface area (Å²) in [6, 6.07) is 18.8. The molecule has 29 heavy (non-hydrogen) atoms. The van der Waals surface area contributed by atoms with Crippen LogP contribution >= 0.6 is 0 Å². The lowest BCUT2D eigenvalue weighted by molar-refractivity contribution is -0.464. The maximum atomic E-state index is 8.25. The third kappa shape index (κ3) is 8.70. The van der Waals surface area contributed by atoms with E-state index in [1.165, 1.54) is 5.56 Å². The smallest absolute Gasteiger partial charge is 0.356 e. The van der Waals surface area contributed by atoms with Crippen molar-refractivity contribution >= 4 is 23.3 Å². The van der Waals surface area contributed by atoms with E-state index in [1.807, 2.05) is 18.2 Å². The summed E-state index contributed by atoms with van der Waals surface area (Å²) in [5.41, 5.74) is 16.5. The first-order chi connectivity index (χ1) is 13.7. The van der Waals surface area contributed by atoms with E-state index in [0.29, 0.717) is 5.92 Å². The van der Waals surface area contributed by atoms with Crippen LogP contribution in [-0.4, -0.2) is 16.8 Å². The Hall–Kier alpha value is -3.68. The average Bonchev–Trinajstić information content (AvgIpc) is 2.68. The van der Waals surface area contributed by atoms with Gasteiger partial charge in [0, 0.05) is 5.57 Å². The van der Waals surface area contributed by atoms with Gasteiger partial charge in [0.15, 0.2) is 0 Å². The van der Waals surface area contributed by atoms with E-state index in [0.717, 1.165) is 28.8 Å². The van der Waals surface area contributed by atoms with Crippen molar-refractivity contribution in [3.05, 3.63) is 86.6 Å². The van der Waals surface area contributed by atoms with Crippen molar-refractivity contribution in [1.82, 2.24) is 0 Å². The highest BCUT2D eigenvalue weighted by atomic mass is 16.9. The second-order valence-electron chi connectivity index (χ2n) is 6.45. The van der Waals surface area contributed by atoms with Gasteiger partial charge in [-0.25, -0.2) is 0 Å². The van der Waals surface area contributed by atoms with Gasteiger partial charge in [-0.2, -0.15) is 5.10 Å². The first-order valence-electron chi connectivity index (χ1n) is 9.14. The predicted octanol–water partition coefficient (Wildman–Crippen LogP) is 2.23. The SMILES string of the molecule is CCC(=N\[NH+]=C(N)N)/C(=C\c1ccc(C(C)C)cc1)c1ccccc1.O=[N+]([O-])[O-]. The van der Waals surface area contributed by atoms with Gasteiger partial charge in [-0.15, -0.1) is 5.10 Å². The molecule has 0 heterocycles. The quantitative estimate of drug-likeness (QED) is 0.225. The number of hydrazone groups is 1. The molecule has 0 spiro atoms. The van der Waals surface area contributed by atoms with Gasteiger partial charge in [-0.05, 0) is 35.1 Å². The zero-order chi connectivity index (χ0) is 21.8. The first-order valence-corrected chi connectivity index (χ1v) is 9.14. The number of allylic oxidation sites excluding steroid dienone is 1. The third-order valence-electron chi connectivity index (χ3n) is 3.96. The molecule has 2 aromatic rings. The van der Waals surface area contributed by atoms with E-state index in [4.69, 9.17) is 26.8 Å². The second-order valence-corrected chi connectivity index (χ2v) is 6.45. The Morgan fingerprint density at radius 1 is 1.10 bits per heavy atom. The number of benzene rings is 2. The van der Waals surface area contributed by atoms with Crippen LogP contribution in [0.3, 0.4) is 0 Å². The van der Waals surface area contributed by atoms with E-state index in [9.17, 15) is 0 Å². The summed E-state index contributed by atoms with van der Waals surface area (Å²) in [7, 11) is 0. The van der Waals surface area contributed by atoms with Gasteiger partial charge in [0.2, 0.25) is 0 Å². The minimum Gasteiger partial charge on any atom is -0.356 e. The highest BCUT2D eigenvalue weighted by molar-refractivity contribution is 6.27. The lowest BCUT2D eigenvalue weighted by Gasteiger charge is -2.10. The molecule has 0 aliphatic rings. The standard InChI is InChI=1S/C21H26N4.NO3/c1-4-20(24-25-21(22)23)19(18-8-6-5-7-9-18)14-16-10-12-17(13-11-16)15(2)3;2-1(3)4/h5-15H,4H2,1-3H3,(H4,22,23,25);/q;-1/p+1/b19-14-,24-20+;. The Morgan fingerprint density at radius 3 is 2.10 bits per heavy atom. The number of nitrogens with two attached hydrogens (primary N) is 2. The van der Waals surface area contributed by atoms with Gasteiger partial charge in [-0.1, -0.05) is 75.4 Å². The molecule has 0 saturated carbocycles. The number of nitrogens with one attached hydrogen (secondary N) is 1. The predicted molar refractivity (Wildman–Crippen MR) is 117 cm³/mol. The Balaban J connectivity index is 0.000000960. The second kappa shape index (κ2) is 11.9. The van der Waals surface area contributed by atoms with E-state index < -0.39 is 5.09 Å². The molecule has 0 bridgehead atoms. The molecule has 0 aromatic heterocycles. The molecule has 0 aliphatic heterocycles. The minimum absolute atomic E-state index is 0.0830. The van der Waals surface area contributed by atoms with Crippen molar-refractivity contribution in [1.29, 1.82) is 0 Å². The van der Waals surface area contributed by atoms with Crippen molar-refractivity contribution in [3.63, 3.8) is 0 Å². The lowest BCUT2D eigenvalue weighted by Crippen LogP contribution is -2.73. The topological polar surface area (TPSA) is 145 Å². The molecule has 0 radical (unpaired) electrons. The highest BCUT2D eigenvalue weighted by Crippen LogP contribution is 2.22.